The van der Waals surface area contributed by atoms with Crippen molar-refractivity contribution in [3.63, 3.8) is 0 Å². The lowest BCUT2D eigenvalue weighted by molar-refractivity contribution is -0.186. The van der Waals surface area contributed by atoms with Gasteiger partial charge in [0.25, 0.3) is 0 Å². The molecular weight excluding hydrogens is 340 g/mol. The zero-order valence-corrected chi connectivity index (χ0v) is 15.5. The van der Waals surface area contributed by atoms with Crippen molar-refractivity contribution in [3.05, 3.63) is 0 Å². The van der Waals surface area contributed by atoms with Crippen LogP contribution < -0.4 is 0 Å². The third-order valence-electron chi connectivity index (χ3n) is 6.74. The van der Waals surface area contributed by atoms with E-state index in [1.807, 2.05) is 20.8 Å². The van der Waals surface area contributed by atoms with Crippen LogP contribution in [0.5, 0.6) is 0 Å². The van der Waals surface area contributed by atoms with Gasteiger partial charge in [0.2, 0.25) is 6.29 Å². The van der Waals surface area contributed by atoms with Gasteiger partial charge in [0, 0.05) is 18.3 Å². The first-order valence-corrected chi connectivity index (χ1v) is 9.54. The minimum Gasteiger partial charge on any atom is -0.458 e. The molecule has 4 fully saturated rings. The van der Waals surface area contributed by atoms with E-state index in [-0.39, 0.29) is 17.8 Å². The lowest BCUT2D eigenvalue weighted by Crippen LogP contribution is -2.47. The van der Waals surface area contributed by atoms with Gasteiger partial charge in [-0.25, -0.2) is 0 Å². The Morgan fingerprint density at radius 3 is 2.73 bits per heavy atom. The quantitative estimate of drug-likeness (QED) is 0.417. The summed E-state index contributed by atoms with van der Waals surface area (Å²) in [6, 6.07) is 0. The summed E-state index contributed by atoms with van der Waals surface area (Å²) >= 11 is 0. The SMILES string of the molecule is CCC(C)(C)C(=O)OC1C2CC3C1OC(=O)C3(C(=O)OC1CCCO1)C2. The highest BCUT2D eigenvalue weighted by Crippen LogP contribution is 2.63. The summed E-state index contributed by atoms with van der Waals surface area (Å²) in [6.45, 7) is 6.18. The van der Waals surface area contributed by atoms with Crippen molar-refractivity contribution in [1.82, 2.24) is 0 Å². The van der Waals surface area contributed by atoms with Crippen molar-refractivity contribution in [2.45, 2.75) is 71.4 Å². The molecule has 2 saturated heterocycles. The Bertz CT molecular complexity index is 636. The van der Waals surface area contributed by atoms with Gasteiger partial charge in [-0.2, -0.15) is 0 Å². The molecule has 0 aromatic heterocycles. The summed E-state index contributed by atoms with van der Waals surface area (Å²) in [5.74, 6) is -1.69. The molecule has 6 atom stereocenters. The van der Waals surface area contributed by atoms with Crippen LogP contribution in [-0.4, -0.2) is 43.0 Å². The number of hydrogen-bond acceptors (Lipinski definition) is 7. The van der Waals surface area contributed by atoms with E-state index in [9.17, 15) is 14.4 Å². The van der Waals surface area contributed by atoms with Crippen molar-refractivity contribution in [2.24, 2.45) is 22.7 Å². The highest BCUT2D eigenvalue weighted by molar-refractivity contribution is 6.03. The Balaban J connectivity index is 1.50. The fourth-order valence-electron chi connectivity index (χ4n) is 4.72. The molecule has 0 amide bonds. The van der Waals surface area contributed by atoms with Gasteiger partial charge in [0.05, 0.1) is 12.0 Å². The average Bonchev–Trinajstić information content (AvgIpc) is 3.33. The van der Waals surface area contributed by atoms with Crippen molar-refractivity contribution in [2.75, 3.05) is 6.61 Å². The van der Waals surface area contributed by atoms with E-state index in [1.54, 1.807) is 0 Å². The molecule has 2 aliphatic carbocycles. The molecule has 0 N–H and O–H groups in total. The van der Waals surface area contributed by atoms with E-state index >= 15 is 0 Å². The number of carbonyl (C=O) groups excluding carboxylic acids is 3. The first-order chi connectivity index (χ1) is 12.3. The second-order valence-electron chi connectivity index (χ2n) is 8.60. The zero-order valence-electron chi connectivity index (χ0n) is 15.5. The van der Waals surface area contributed by atoms with E-state index in [2.05, 4.69) is 0 Å². The number of carbonyl (C=O) groups is 3. The van der Waals surface area contributed by atoms with Crippen LogP contribution in [0.15, 0.2) is 0 Å². The predicted molar refractivity (Wildman–Crippen MR) is 87.5 cm³/mol. The maximum Gasteiger partial charge on any atom is 0.326 e. The number of ether oxygens (including phenoxy) is 4. The highest BCUT2D eigenvalue weighted by Gasteiger charge is 2.75. The summed E-state index contributed by atoms with van der Waals surface area (Å²) < 4.78 is 22.1. The van der Waals surface area contributed by atoms with Crippen molar-refractivity contribution in [1.29, 1.82) is 0 Å². The summed E-state index contributed by atoms with van der Waals surface area (Å²) in [7, 11) is 0. The van der Waals surface area contributed by atoms with E-state index in [4.69, 9.17) is 18.9 Å². The van der Waals surface area contributed by atoms with Gasteiger partial charge in [-0.05, 0) is 39.5 Å². The monoisotopic (exact) mass is 366 g/mol. The number of esters is 3. The van der Waals surface area contributed by atoms with E-state index in [1.165, 1.54) is 0 Å². The molecule has 26 heavy (non-hydrogen) atoms. The molecule has 0 spiro atoms. The fraction of sp³-hybridized carbons (Fsp3) is 0.842. The molecule has 7 nitrogen and oxygen atoms in total. The maximum atomic E-state index is 12.8. The second kappa shape index (κ2) is 5.94. The van der Waals surface area contributed by atoms with E-state index in [0.29, 0.717) is 32.3 Å². The van der Waals surface area contributed by atoms with E-state index in [0.717, 1.165) is 6.42 Å². The lowest BCUT2D eigenvalue weighted by atomic mass is 9.73. The van der Waals surface area contributed by atoms with Crippen molar-refractivity contribution < 1.29 is 33.3 Å². The van der Waals surface area contributed by atoms with Crippen LogP contribution in [0.3, 0.4) is 0 Å². The molecule has 0 aromatic rings. The third kappa shape index (κ3) is 2.39. The van der Waals surface area contributed by atoms with Crippen molar-refractivity contribution in [3.8, 4) is 0 Å². The Kier molecular flexibility index (Phi) is 4.06. The van der Waals surface area contributed by atoms with Crippen LogP contribution >= 0.6 is 0 Å². The molecule has 2 saturated carbocycles. The van der Waals surface area contributed by atoms with Gasteiger partial charge in [0.1, 0.15) is 12.2 Å². The molecule has 7 heteroatoms. The Labute approximate surface area is 152 Å². The third-order valence-corrected chi connectivity index (χ3v) is 6.74. The zero-order chi connectivity index (χ0) is 18.7. The molecule has 2 bridgehead atoms. The van der Waals surface area contributed by atoms with Gasteiger partial charge in [-0.15, -0.1) is 0 Å². The van der Waals surface area contributed by atoms with Crippen LogP contribution in [-0.2, 0) is 33.3 Å². The lowest BCUT2D eigenvalue weighted by Gasteiger charge is -2.32. The van der Waals surface area contributed by atoms with E-state index < -0.39 is 41.3 Å². The molecule has 0 aromatic carbocycles. The number of hydrogen-bond donors (Lipinski definition) is 0. The summed E-state index contributed by atoms with van der Waals surface area (Å²) in [5, 5.41) is 0. The van der Waals surface area contributed by atoms with Gasteiger partial charge in [0.15, 0.2) is 5.41 Å². The van der Waals surface area contributed by atoms with Gasteiger partial charge in [-0.3, -0.25) is 14.4 Å². The van der Waals surface area contributed by atoms with Gasteiger partial charge < -0.3 is 18.9 Å². The molecule has 0 radical (unpaired) electrons. The van der Waals surface area contributed by atoms with Crippen LogP contribution in [0, 0.1) is 22.7 Å². The van der Waals surface area contributed by atoms with Gasteiger partial charge >= 0.3 is 17.9 Å². The molecule has 4 aliphatic rings. The molecule has 4 rings (SSSR count). The normalized spacial score (nSPS) is 40.6. The van der Waals surface area contributed by atoms with Crippen LogP contribution in [0.4, 0.5) is 0 Å². The predicted octanol–water partition coefficient (Wildman–Crippen LogP) is 1.97. The molecule has 2 aliphatic heterocycles. The van der Waals surface area contributed by atoms with Crippen LogP contribution in [0.1, 0.15) is 52.9 Å². The minimum absolute atomic E-state index is 0.0508. The molecule has 144 valence electrons. The topological polar surface area (TPSA) is 88.1 Å². The summed E-state index contributed by atoms with van der Waals surface area (Å²) in [5.41, 5.74) is -1.83. The fourth-order valence-corrected chi connectivity index (χ4v) is 4.72. The van der Waals surface area contributed by atoms with Crippen LogP contribution in [0.25, 0.3) is 0 Å². The number of fused-ring (bicyclic) bond motifs is 1. The molecule has 6 unspecified atom stereocenters. The Morgan fingerprint density at radius 2 is 2.08 bits per heavy atom. The van der Waals surface area contributed by atoms with Gasteiger partial charge in [-0.1, -0.05) is 6.92 Å². The van der Waals surface area contributed by atoms with Crippen LogP contribution in [0.2, 0.25) is 0 Å². The first-order valence-electron chi connectivity index (χ1n) is 9.54. The van der Waals surface area contributed by atoms with Crippen molar-refractivity contribution >= 4 is 17.9 Å². The average molecular weight is 366 g/mol. The summed E-state index contributed by atoms with van der Waals surface area (Å²) in [4.78, 5) is 37.9. The first kappa shape index (κ1) is 17.8. The molecular formula is C19H26O7. The standard InChI is InChI=1S/C19H26O7/c1-4-18(2,3)15(20)25-13-10-8-11-14(13)26-17(22)19(11,9-10)16(21)24-12-6-5-7-23-12/h10-14H,4-9H2,1-3H3. The Morgan fingerprint density at radius 1 is 1.31 bits per heavy atom. The highest BCUT2D eigenvalue weighted by atomic mass is 16.7. The Hall–Kier alpha value is -1.63. The number of rotatable bonds is 5. The second-order valence-corrected chi connectivity index (χ2v) is 8.60. The maximum absolute atomic E-state index is 12.8. The molecule has 2 heterocycles. The minimum atomic E-state index is -1.25. The summed E-state index contributed by atoms with van der Waals surface area (Å²) in [6.07, 6.45) is 1.54. The largest absolute Gasteiger partial charge is 0.458 e. The smallest absolute Gasteiger partial charge is 0.326 e.